The van der Waals surface area contributed by atoms with E-state index in [0.29, 0.717) is 39.4 Å². The van der Waals surface area contributed by atoms with Gasteiger partial charge in [0.1, 0.15) is 15.7 Å². The van der Waals surface area contributed by atoms with Crippen molar-refractivity contribution in [1.29, 1.82) is 0 Å². The van der Waals surface area contributed by atoms with Crippen LogP contribution in [0.4, 0.5) is 0 Å². The van der Waals surface area contributed by atoms with E-state index in [4.69, 9.17) is 18.2 Å². The lowest BCUT2D eigenvalue weighted by Crippen LogP contribution is -2.56. The number of piperazine rings is 1. The average Bonchev–Trinajstić information content (AvgIpc) is 2.71. The van der Waals surface area contributed by atoms with Crippen LogP contribution in [0.15, 0.2) is 0 Å². The van der Waals surface area contributed by atoms with Gasteiger partial charge in [0.25, 0.3) is 0 Å². The fraction of sp³-hybridized carbons (Fsp3) is 1.00. The topological polar surface area (TPSA) is 75.7 Å². The summed E-state index contributed by atoms with van der Waals surface area (Å²) in [6.07, 6.45) is -0.308. The maximum atomic E-state index is 14.4. The highest BCUT2D eigenvalue weighted by molar-refractivity contribution is 7.75. The fourth-order valence-electron chi connectivity index (χ4n) is 4.52. The average molecular weight is 476 g/mol. The third-order valence-corrected chi connectivity index (χ3v) is 8.87. The quantitative estimate of drug-likeness (QED) is 0.208. The zero-order valence-corrected chi connectivity index (χ0v) is 21.4. The van der Waals surface area contributed by atoms with Gasteiger partial charge in [-0.25, -0.2) is 9.34 Å². The van der Waals surface area contributed by atoms with Gasteiger partial charge in [-0.3, -0.25) is 9.46 Å². The van der Waals surface area contributed by atoms with Gasteiger partial charge in [0.15, 0.2) is 0 Å². The summed E-state index contributed by atoms with van der Waals surface area (Å²) >= 11 is 3.88. The van der Waals surface area contributed by atoms with Crippen molar-refractivity contribution >= 4 is 36.3 Å². The molecule has 13 heteroatoms. The first kappa shape index (κ1) is 26.0. The van der Waals surface area contributed by atoms with Crippen LogP contribution in [0.2, 0.25) is 0 Å². The van der Waals surface area contributed by atoms with Crippen molar-refractivity contribution < 1.29 is 22.7 Å². The van der Waals surface area contributed by atoms with Gasteiger partial charge < -0.3 is 23.5 Å². The van der Waals surface area contributed by atoms with E-state index >= 15 is 0 Å². The van der Waals surface area contributed by atoms with Crippen LogP contribution in [0.3, 0.4) is 0 Å². The van der Waals surface area contributed by atoms with E-state index < -0.39 is 7.67 Å². The van der Waals surface area contributed by atoms with E-state index in [-0.39, 0.29) is 29.8 Å². The molecule has 3 aliphatic heterocycles. The zero-order chi connectivity index (χ0) is 22.6. The predicted molar refractivity (Wildman–Crippen MR) is 130 cm³/mol. The second kappa shape index (κ2) is 11.2. The van der Waals surface area contributed by atoms with Crippen molar-refractivity contribution in [2.45, 2.75) is 50.5 Å². The van der Waals surface area contributed by atoms with E-state index in [1.54, 1.807) is 0 Å². The summed E-state index contributed by atoms with van der Waals surface area (Å²) in [4.78, 5) is 2.42. The number of rotatable bonds is 7. The molecule has 0 saturated carbocycles. The Labute approximate surface area is 194 Å². The van der Waals surface area contributed by atoms with E-state index in [9.17, 15) is 4.57 Å². The Morgan fingerprint density at radius 3 is 2.23 bits per heavy atom. The van der Waals surface area contributed by atoms with Crippen LogP contribution in [0, 0.1) is 0 Å². The summed E-state index contributed by atoms with van der Waals surface area (Å²) < 4.78 is 41.9. The number of nitrogens with one attached hydrogen (secondary N) is 1. The Morgan fingerprint density at radius 2 is 1.61 bits per heavy atom. The smallest absolute Gasteiger partial charge is 0.346 e. The third kappa shape index (κ3) is 6.94. The van der Waals surface area contributed by atoms with Crippen molar-refractivity contribution in [2.24, 2.45) is 0 Å². The predicted octanol–water partition coefficient (Wildman–Crippen LogP) is -1.00. The molecule has 0 bridgehead atoms. The molecule has 3 aliphatic rings. The van der Waals surface area contributed by atoms with Crippen LogP contribution < -0.4 is 5.32 Å². The maximum Gasteiger partial charge on any atom is 0.346 e. The summed E-state index contributed by atoms with van der Waals surface area (Å²) in [7, 11) is 0.835. The number of morpholine rings is 2. The van der Waals surface area contributed by atoms with E-state index in [2.05, 4.69) is 51.7 Å². The Kier molecular flexibility index (Phi) is 9.40. The van der Waals surface area contributed by atoms with Gasteiger partial charge in [-0.2, -0.15) is 0 Å². The Balaban J connectivity index is 1.73. The van der Waals surface area contributed by atoms with Gasteiger partial charge in [0.2, 0.25) is 0 Å². The Morgan fingerprint density at radius 1 is 1.00 bits per heavy atom. The molecule has 0 amide bonds. The van der Waals surface area contributed by atoms with Crippen molar-refractivity contribution in [3.8, 4) is 0 Å². The number of nitrogens with zero attached hydrogens (tertiary/aromatic N) is 3. The minimum atomic E-state index is -3.25. The molecular weight excluding hydrogens is 437 g/mol. The first-order valence-electron chi connectivity index (χ1n) is 11.4. The fourth-order valence-corrected chi connectivity index (χ4v) is 7.26. The molecule has 0 spiro atoms. The van der Waals surface area contributed by atoms with Crippen LogP contribution in [-0.2, 0) is 22.7 Å². The van der Waals surface area contributed by atoms with Crippen molar-refractivity contribution in [1.82, 2.24) is 19.6 Å². The van der Waals surface area contributed by atoms with Crippen molar-refractivity contribution in [2.75, 3.05) is 65.6 Å². The number of hydrogen-bond donors (Lipinski definition) is 2. The van der Waals surface area contributed by atoms with Crippen LogP contribution in [0.25, 0.3) is 0 Å². The summed E-state index contributed by atoms with van der Waals surface area (Å²) in [5.41, 5.74) is 0.0538. The lowest BCUT2D eigenvalue weighted by atomic mass is 9.94. The third-order valence-electron chi connectivity index (χ3n) is 6.08. The second-order valence-corrected chi connectivity index (χ2v) is 12.5. The minimum Gasteiger partial charge on any atom is -0.379 e. The normalized spacial score (nSPS) is 34.5. The van der Waals surface area contributed by atoms with Gasteiger partial charge in [0, 0.05) is 69.9 Å². The summed E-state index contributed by atoms with van der Waals surface area (Å²) in [5.74, 6) is 0. The number of hydrogen-bond acceptors (Lipinski definition) is 8. The highest BCUT2D eigenvalue weighted by atomic mass is 32.1. The number of thiol groups is 1. The molecule has 0 aromatic carbocycles. The molecule has 0 aromatic heterocycles. The van der Waals surface area contributed by atoms with Gasteiger partial charge in [-0.15, -0.1) is 0 Å². The summed E-state index contributed by atoms with van der Waals surface area (Å²) in [6.45, 7) is 13.0. The van der Waals surface area contributed by atoms with Gasteiger partial charge in [0.05, 0.1) is 25.4 Å². The molecule has 1 N–H and O–H groups in total. The van der Waals surface area contributed by atoms with Gasteiger partial charge >= 0.3 is 7.67 Å². The highest BCUT2D eigenvalue weighted by Gasteiger charge is 2.44. The first-order chi connectivity index (χ1) is 14.6. The molecule has 5 atom stereocenters. The maximum absolute atomic E-state index is 14.4. The van der Waals surface area contributed by atoms with Crippen molar-refractivity contribution in [3.63, 3.8) is 0 Å². The summed E-state index contributed by atoms with van der Waals surface area (Å²) in [6, 6.07) is 0.0462. The molecule has 3 rings (SSSR count). The van der Waals surface area contributed by atoms with E-state index in [1.807, 2.05) is 17.2 Å². The highest BCUT2D eigenvalue weighted by Crippen LogP contribution is 2.55. The zero-order valence-electron chi connectivity index (χ0n) is 19.7. The largest absolute Gasteiger partial charge is 0.379 e. The lowest BCUT2D eigenvalue weighted by Gasteiger charge is -2.46. The Bertz CT molecular complexity index is 628. The molecule has 5 unspecified atom stereocenters. The lowest BCUT2D eigenvalue weighted by molar-refractivity contribution is -0.0932. The Hall–Kier alpha value is 0.390. The summed E-state index contributed by atoms with van der Waals surface area (Å²) in [5, 5.41) is 3.34. The van der Waals surface area contributed by atoms with Gasteiger partial charge in [-0.1, -0.05) is 0 Å². The molecule has 31 heavy (non-hydrogen) atoms. The molecule has 3 heterocycles. The van der Waals surface area contributed by atoms with E-state index in [1.165, 1.54) is 0 Å². The molecule has 3 fully saturated rings. The van der Waals surface area contributed by atoms with Crippen LogP contribution in [0.1, 0.15) is 20.8 Å². The second-order valence-electron chi connectivity index (χ2n) is 9.87. The first-order valence-corrected chi connectivity index (χ1v) is 13.3. The molecule has 0 aromatic rings. The standard InChI is InChI=1S/C18H39B2N4O5PS/c1-18(2,3)22-8-14(28-16(19)10-22)12-26-30(25,23-6-4-21-5-7-23)24-9-15(13-27-31)29-17(20)11-24/h14-17,21,31H,4-13,19-20H2,1-3H3. The minimum absolute atomic E-state index is 0.0538. The molecule has 0 aliphatic carbocycles. The van der Waals surface area contributed by atoms with E-state index in [0.717, 1.165) is 26.2 Å². The molecule has 178 valence electrons. The van der Waals surface area contributed by atoms with Gasteiger partial charge in [-0.05, 0) is 33.7 Å². The van der Waals surface area contributed by atoms with Crippen LogP contribution >= 0.6 is 20.6 Å². The molecule has 3 saturated heterocycles. The number of ether oxygens (including phenoxy) is 2. The van der Waals surface area contributed by atoms with Crippen LogP contribution in [-0.4, -0.2) is 125 Å². The van der Waals surface area contributed by atoms with Crippen LogP contribution in [0.5, 0.6) is 0 Å². The monoisotopic (exact) mass is 476 g/mol. The molecule has 9 nitrogen and oxygen atoms in total. The molecular formula is C18H39B2N4O5PS. The molecule has 0 radical (unpaired) electrons. The SMILES string of the molecule is BC1CN(C(C)(C)C)CC(COP(=O)(N2CCNCC2)N2CC(B)OC(COS)C2)O1. The van der Waals surface area contributed by atoms with Crippen molar-refractivity contribution in [3.05, 3.63) is 0 Å².